The molecule has 2 heterocycles. The van der Waals surface area contributed by atoms with Gasteiger partial charge in [-0.1, -0.05) is 11.6 Å². The van der Waals surface area contributed by atoms with E-state index in [1.165, 1.54) is 0 Å². The summed E-state index contributed by atoms with van der Waals surface area (Å²) in [5, 5.41) is 17.7. The standard InChI is InChI=1S/C10H9ClF4N2O5/c11-3-1-17(8(21)16-4(3)19)7-10(14,15)5(20)9(2-18,22-7)6(12)13/h1,5-7,18,20H,2H2,(H,16,19,21)/t5?,7-,9-/m0/s1. The molecule has 1 aliphatic heterocycles. The van der Waals surface area contributed by atoms with Crippen LogP contribution < -0.4 is 11.2 Å². The first-order chi connectivity index (χ1) is 10.1. The van der Waals surface area contributed by atoms with E-state index in [4.69, 9.17) is 16.7 Å². The van der Waals surface area contributed by atoms with Gasteiger partial charge in [-0.3, -0.25) is 14.3 Å². The zero-order valence-corrected chi connectivity index (χ0v) is 11.2. The van der Waals surface area contributed by atoms with Crippen LogP contribution in [0.2, 0.25) is 5.02 Å². The quantitative estimate of drug-likeness (QED) is 0.651. The minimum atomic E-state index is -4.36. The second kappa shape index (κ2) is 5.33. The van der Waals surface area contributed by atoms with Crippen molar-refractivity contribution in [3.05, 3.63) is 32.1 Å². The molecule has 0 saturated carbocycles. The SMILES string of the molecule is O=c1[nH]c(=O)n([C@H]2O[C@](CO)(C(F)F)C(O)C2(F)F)cc1Cl. The van der Waals surface area contributed by atoms with Crippen LogP contribution in [0.15, 0.2) is 15.8 Å². The molecule has 1 aliphatic rings. The minimum absolute atomic E-state index is 0.0622. The van der Waals surface area contributed by atoms with Gasteiger partial charge in [-0.2, -0.15) is 8.78 Å². The lowest BCUT2D eigenvalue weighted by atomic mass is 9.96. The summed E-state index contributed by atoms with van der Waals surface area (Å²) in [6.07, 6.45) is -8.98. The van der Waals surface area contributed by atoms with E-state index in [1.807, 2.05) is 0 Å². The van der Waals surface area contributed by atoms with Gasteiger partial charge in [0.25, 0.3) is 12.0 Å². The van der Waals surface area contributed by atoms with Gasteiger partial charge < -0.3 is 14.9 Å². The third-order valence-corrected chi connectivity index (χ3v) is 3.55. The summed E-state index contributed by atoms with van der Waals surface area (Å²) in [5.74, 6) is -4.36. The number of nitrogens with one attached hydrogen (secondary N) is 1. The number of alkyl halides is 4. The van der Waals surface area contributed by atoms with E-state index in [0.29, 0.717) is 6.20 Å². The zero-order valence-electron chi connectivity index (χ0n) is 10.5. The predicted octanol–water partition coefficient (Wildman–Crippen LogP) is -0.289. The Labute approximate surface area is 123 Å². The summed E-state index contributed by atoms with van der Waals surface area (Å²) in [6.45, 7) is -1.62. The molecule has 0 spiro atoms. The van der Waals surface area contributed by atoms with Crippen molar-refractivity contribution < 1.29 is 32.5 Å². The highest BCUT2D eigenvalue weighted by Gasteiger charge is 2.70. The van der Waals surface area contributed by atoms with Crippen LogP contribution in [0, 0.1) is 0 Å². The van der Waals surface area contributed by atoms with Gasteiger partial charge in [0.05, 0.1) is 6.61 Å². The first-order valence-corrected chi connectivity index (χ1v) is 6.09. The number of aromatic amines is 1. The lowest BCUT2D eigenvalue weighted by Crippen LogP contribution is -2.53. The average Bonchev–Trinajstić information content (AvgIpc) is 2.63. The Morgan fingerprint density at radius 1 is 1.45 bits per heavy atom. The van der Waals surface area contributed by atoms with Crippen LogP contribution in [0.5, 0.6) is 0 Å². The number of aromatic nitrogens is 2. The van der Waals surface area contributed by atoms with E-state index in [0.717, 1.165) is 0 Å². The number of hydrogen-bond donors (Lipinski definition) is 3. The molecule has 124 valence electrons. The van der Waals surface area contributed by atoms with E-state index in [-0.39, 0.29) is 4.57 Å². The summed E-state index contributed by atoms with van der Waals surface area (Å²) in [7, 11) is 0. The molecule has 3 atom stereocenters. The first kappa shape index (κ1) is 16.9. The highest BCUT2D eigenvalue weighted by Crippen LogP contribution is 2.49. The number of aliphatic hydroxyl groups is 2. The molecule has 1 fully saturated rings. The average molecular weight is 349 g/mol. The van der Waals surface area contributed by atoms with E-state index in [1.54, 1.807) is 4.98 Å². The van der Waals surface area contributed by atoms with E-state index >= 15 is 0 Å². The molecule has 0 radical (unpaired) electrons. The van der Waals surface area contributed by atoms with E-state index in [2.05, 4.69) is 4.74 Å². The molecule has 2 rings (SSSR count). The minimum Gasteiger partial charge on any atom is -0.393 e. The number of aliphatic hydroxyl groups excluding tert-OH is 2. The maximum absolute atomic E-state index is 14.0. The van der Waals surface area contributed by atoms with Gasteiger partial charge in [-0.05, 0) is 0 Å². The number of hydrogen-bond acceptors (Lipinski definition) is 5. The zero-order chi connectivity index (χ0) is 16.9. The van der Waals surface area contributed by atoms with Gasteiger partial charge in [0.2, 0.25) is 6.23 Å². The topological polar surface area (TPSA) is 105 Å². The second-order valence-electron chi connectivity index (χ2n) is 4.60. The Balaban J connectivity index is 2.60. The van der Waals surface area contributed by atoms with Crippen LogP contribution >= 0.6 is 11.6 Å². The number of halogens is 5. The molecule has 1 aromatic rings. The fraction of sp³-hybridized carbons (Fsp3) is 0.600. The van der Waals surface area contributed by atoms with Crippen LogP contribution in [0.1, 0.15) is 6.23 Å². The van der Waals surface area contributed by atoms with Crippen molar-refractivity contribution in [1.82, 2.24) is 9.55 Å². The molecular formula is C10H9ClF4N2O5. The largest absolute Gasteiger partial charge is 0.393 e. The summed E-state index contributed by atoms with van der Waals surface area (Å²) < 4.78 is 58.5. The highest BCUT2D eigenvalue weighted by molar-refractivity contribution is 6.30. The second-order valence-corrected chi connectivity index (χ2v) is 5.01. The maximum atomic E-state index is 14.0. The van der Waals surface area contributed by atoms with Gasteiger partial charge in [-0.15, -0.1) is 0 Å². The highest BCUT2D eigenvalue weighted by atomic mass is 35.5. The first-order valence-electron chi connectivity index (χ1n) is 5.71. The van der Waals surface area contributed by atoms with Crippen LogP contribution in [0.4, 0.5) is 17.6 Å². The summed E-state index contributed by atoms with van der Waals surface area (Å²) in [5.41, 5.74) is -5.77. The van der Waals surface area contributed by atoms with Crippen LogP contribution in [0.3, 0.4) is 0 Å². The molecule has 22 heavy (non-hydrogen) atoms. The number of ether oxygens (including phenoxy) is 1. The fourth-order valence-electron chi connectivity index (χ4n) is 2.05. The van der Waals surface area contributed by atoms with Crippen molar-refractivity contribution in [2.45, 2.75) is 30.3 Å². The Kier molecular flexibility index (Phi) is 4.11. The number of nitrogens with zero attached hydrogens (tertiary/aromatic N) is 1. The van der Waals surface area contributed by atoms with Crippen molar-refractivity contribution in [2.75, 3.05) is 6.61 Å². The molecule has 1 aromatic heterocycles. The van der Waals surface area contributed by atoms with Gasteiger partial charge in [0, 0.05) is 6.20 Å². The molecule has 1 unspecified atom stereocenters. The lowest BCUT2D eigenvalue weighted by Gasteiger charge is -2.28. The summed E-state index contributed by atoms with van der Waals surface area (Å²) in [4.78, 5) is 24.2. The molecule has 0 aromatic carbocycles. The maximum Gasteiger partial charge on any atom is 0.330 e. The third kappa shape index (κ3) is 2.24. The van der Waals surface area contributed by atoms with Crippen LogP contribution in [0.25, 0.3) is 0 Å². The molecule has 1 saturated heterocycles. The monoisotopic (exact) mass is 348 g/mol. The smallest absolute Gasteiger partial charge is 0.330 e. The van der Waals surface area contributed by atoms with Gasteiger partial charge in [0.1, 0.15) is 5.02 Å². The number of rotatable bonds is 3. The van der Waals surface area contributed by atoms with Crippen LogP contribution in [-0.4, -0.2) is 50.4 Å². The van der Waals surface area contributed by atoms with Gasteiger partial charge >= 0.3 is 11.6 Å². The molecule has 3 N–H and O–H groups in total. The number of H-pyrrole nitrogens is 1. The Hall–Kier alpha value is -1.43. The van der Waals surface area contributed by atoms with Crippen molar-refractivity contribution in [1.29, 1.82) is 0 Å². The summed E-state index contributed by atoms with van der Waals surface area (Å²) >= 11 is 5.40. The Morgan fingerprint density at radius 2 is 2.05 bits per heavy atom. The molecule has 12 heteroatoms. The van der Waals surface area contributed by atoms with Crippen molar-refractivity contribution in [2.24, 2.45) is 0 Å². The molecule has 0 aliphatic carbocycles. The predicted molar refractivity (Wildman–Crippen MR) is 63.2 cm³/mol. The van der Waals surface area contributed by atoms with E-state index < -0.39 is 53.2 Å². The van der Waals surface area contributed by atoms with Crippen molar-refractivity contribution >= 4 is 11.6 Å². The molecule has 0 bridgehead atoms. The van der Waals surface area contributed by atoms with Gasteiger partial charge in [0.15, 0.2) is 11.7 Å². The third-order valence-electron chi connectivity index (χ3n) is 3.28. The Morgan fingerprint density at radius 3 is 2.50 bits per heavy atom. The molecule has 7 nitrogen and oxygen atoms in total. The molecule has 0 amide bonds. The fourth-order valence-corrected chi connectivity index (χ4v) is 2.20. The van der Waals surface area contributed by atoms with E-state index in [9.17, 15) is 32.3 Å². The lowest BCUT2D eigenvalue weighted by molar-refractivity contribution is -0.196. The Bertz CT molecular complexity index is 693. The van der Waals surface area contributed by atoms with Gasteiger partial charge in [-0.25, -0.2) is 13.6 Å². The normalized spacial score (nSPS) is 30.9. The van der Waals surface area contributed by atoms with Crippen molar-refractivity contribution in [3.8, 4) is 0 Å². The molecular weight excluding hydrogens is 340 g/mol. The summed E-state index contributed by atoms with van der Waals surface area (Å²) in [6, 6.07) is 0. The van der Waals surface area contributed by atoms with Crippen LogP contribution in [-0.2, 0) is 4.74 Å². The van der Waals surface area contributed by atoms with Crippen molar-refractivity contribution in [3.63, 3.8) is 0 Å².